The molecule has 0 aliphatic heterocycles. The van der Waals surface area contributed by atoms with E-state index in [-0.39, 0.29) is 10.7 Å². The van der Waals surface area contributed by atoms with Crippen LogP contribution in [-0.4, -0.2) is 21.7 Å². The molecule has 2 atom stereocenters. The number of nitrogens with two attached hydrogens (primary N) is 1. The van der Waals surface area contributed by atoms with Crippen molar-refractivity contribution in [1.82, 2.24) is 0 Å². The zero-order valence-electron chi connectivity index (χ0n) is 6.65. The van der Waals surface area contributed by atoms with Crippen LogP contribution < -0.4 is 5.73 Å². The number of alkyl halides is 4. The maximum Gasteiger partial charge on any atom is 0.410 e. The normalized spacial score (nSPS) is 33.7. The quantitative estimate of drug-likeness (QED) is 0.671. The van der Waals surface area contributed by atoms with Crippen LogP contribution in [0.1, 0.15) is 0 Å². The molecular weight excluding hydrogens is 286 g/mol. The van der Waals surface area contributed by atoms with Gasteiger partial charge in [0.05, 0.1) is 0 Å². The molecule has 0 aromatic rings. The zero-order chi connectivity index (χ0) is 11.1. The molecule has 7 heteroatoms. The van der Waals surface area contributed by atoms with Crippen LogP contribution in [0.15, 0.2) is 22.9 Å². The molecule has 1 aliphatic carbocycles. The summed E-state index contributed by atoms with van der Waals surface area (Å²) in [5.74, 6) is 0. The number of aliphatic hydroxyl groups is 1. The molecule has 0 spiro atoms. The van der Waals surface area contributed by atoms with Crippen LogP contribution in [0.2, 0.25) is 0 Å². The van der Waals surface area contributed by atoms with Gasteiger partial charge in [-0.2, -0.15) is 13.2 Å². The molecule has 14 heavy (non-hydrogen) atoms. The highest BCUT2D eigenvalue weighted by Gasteiger charge is 2.58. The first-order valence-electron chi connectivity index (χ1n) is 3.47. The van der Waals surface area contributed by atoms with Crippen molar-refractivity contribution in [3.8, 4) is 0 Å². The predicted molar refractivity (Wildman–Crippen MR) is 49.9 cm³/mol. The Morgan fingerprint density at radius 2 is 2.07 bits per heavy atom. The van der Waals surface area contributed by atoms with Crippen molar-refractivity contribution in [2.45, 2.75) is 16.6 Å². The number of hydrogen-bond acceptors (Lipinski definition) is 2. The van der Waals surface area contributed by atoms with E-state index in [9.17, 15) is 18.3 Å². The molecule has 0 fully saturated rings. The number of aliphatic hydroxyl groups excluding tert-OH is 1. The summed E-state index contributed by atoms with van der Waals surface area (Å²) >= 11 is 7.84. The lowest BCUT2D eigenvalue weighted by molar-refractivity contribution is -0.163. The Kier molecular flexibility index (Phi) is 2.91. The fourth-order valence-electron chi connectivity index (χ4n) is 1.04. The van der Waals surface area contributed by atoms with Crippen LogP contribution in [0.4, 0.5) is 13.2 Å². The maximum absolute atomic E-state index is 12.5. The smallest absolute Gasteiger partial charge is 0.400 e. The molecule has 0 aromatic carbocycles. The molecule has 0 heterocycles. The average molecular weight is 292 g/mol. The monoisotopic (exact) mass is 291 g/mol. The highest BCUT2D eigenvalue weighted by Crippen LogP contribution is 2.46. The van der Waals surface area contributed by atoms with Crippen LogP contribution in [0.25, 0.3) is 0 Å². The van der Waals surface area contributed by atoms with Crippen molar-refractivity contribution in [2.75, 3.05) is 0 Å². The van der Waals surface area contributed by atoms with Gasteiger partial charge in [-0.25, -0.2) is 0 Å². The van der Waals surface area contributed by atoms with Crippen molar-refractivity contribution in [1.29, 1.82) is 0 Å². The number of hydrogen-bond donors (Lipinski definition) is 2. The van der Waals surface area contributed by atoms with Gasteiger partial charge in [-0.3, -0.25) is 0 Å². The van der Waals surface area contributed by atoms with E-state index in [1.165, 1.54) is 0 Å². The molecule has 1 aliphatic rings. The summed E-state index contributed by atoms with van der Waals surface area (Å²) in [6, 6.07) is 0. The van der Waals surface area contributed by atoms with E-state index in [0.29, 0.717) is 6.08 Å². The fraction of sp³-hybridized carbons (Fsp3) is 0.429. The summed E-state index contributed by atoms with van der Waals surface area (Å²) < 4.78 is 35.0. The third-order valence-corrected chi connectivity index (χ3v) is 3.13. The van der Waals surface area contributed by atoms with Crippen LogP contribution in [-0.2, 0) is 0 Å². The summed E-state index contributed by atoms with van der Waals surface area (Å²) in [4.78, 5) is 0. The van der Waals surface area contributed by atoms with Gasteiger partial charge >= 0.3 is 6.18 Å². The maximum atomic E-state index is 12.5. The standard InChI is InChI=1S/C7H6BrClF3NO/c8-6(7(10,11)12)2-3(9)1-4(13)5(6)14/h1-2,5,14H,13H2. The molecule has 2 nitrogen and oxygen atoms in total. The third kappa shape index (κ3) is 1.78. The summed E-state index contributed by atoms with van der Waals surface area (Å²) in [7, 11) is 0. The van der Waals surface area contributed by atoms with Gasteiger partial charge in [-0.15, -0.1) is 0 Å². The van der Waals surface area contributed by atoms with Gasteiger partial charge < -0.3 is 10.8 Å². The number of rotatable bonds is 0. The highest BCUT2D eigenvalue weighted by molar-refractivity contribution is 9.10. The minimum atomic E-state index is -4.68. The SMILES string of the molecule is NC1=CC(Cl)=CC(Br)(C(F)(F)F)C1O. The van der Waals surface area contributed by atoms with Gasteiger partial charge in [0.2, 0.25) is 0 Å². The molecule has 80 valence electrons. The molecule has 0 aromatic heterocycles. The predicted octanol–water partition coefficient (Wildman–Crippen LogP) is 2.02. The van der Waals surface area contributed by atoms with E-state index in [1.807, 2.05) is 0 Å². The van der Waals surface area contributed by atoms with Crippen LogP contribution >= 0.6 is 27.5 Å². The topological polar surface area (TPSA) is 46.2 Å². The van der Waals surface area contributed by atoms with Gasteiger partial charge in [0.1, 0.15) is 6.10 Å². The van der Waals surface area contributed by atoms with Gasteiger partial charge in [-0.05, 0) is 12.2 Å². The second kappa shape index (κ2) is 3.43. The Labute approximate surface area is 91.3 Å². The summed E-state index contributed by atoms with van der Waals surface area (Å²) in [5, 5.41) is 9.12. The lowest BCUT2D eigenvalue weighted by atomic mass is 9.94. The van der Waals surface area contributed by atoms with E-state index in [0.717, 1.165) is 6.08 Å². The molecule has 0 amide bonds. The summed E-state index contributed by atoms with van der Waals surface area (Å²) in [6.07, 6.45) is -4.79. The molecule has 0 saturated heterocycles. The largest absolute Gasteiger partial charge is 0.410 e. The van der Waals surface area contributed by atoms with E-state index in [1.54, 1.807) is 0 Å². The van der Waals surface area contributed by atoms with Crippen molar-refractivity contribution >= 4 is 27.5 Å². The van der Waals surface area contributed by atoms with Crippen LogP contribution in [0.5, 0.6) is 0 Å². The van der Waals surface area contributed by atoms with Crippen molar-refractivity contribution in [3.05, 3.63) is 22.9 Å². The summed E-state index contributed by atoms with van der Waals surface area (Å²) in [5.41, 5.74) is 4.87. The second-order valence-corrected chi connectivity index (χ2v) is 4.59. The average Bonchev–Trinajstić information content (AvgIpc) is 1.97. The van der Waals surface area contributed by atoms with Crippen molar-refractivity contribution < 1.29 is 18.3 Å². The molecule has 0 saturated carbocycles. The number of allylic oxidation sites excluding steroid dienone is 2. The first-order valence-corrected chi connectivity index (χ1v) is 4.64. The molecule has 0 bridgehead atoms. The molecule has 3 N–H and O–H groups in total. The Hall–Kier alpha value is -0.200. The summed E-state index contributed by atoms with van der Waals surface area (Å²) in [6.45, 7) is 0. The first-order chi connectivity index (χ1) is 6.18. The molecule has 1 rings (SSSR count). The first kappa shape index (κ1) is 11.9. The van der Waals surface area contributed by atoms with Crippen molar-refractivity contribution in [2.24, 2.45) is 5.73 Å². The lowest BCUT2D eigenvalue weighted by Gasteiger charge is -2.34. The Morgan fingerprint density at radius 3 is 2.50 bits per heavy atom. The van der Waals surface area contributed by atoms with Crippen LogP contribution in [0.3, 0.4) is 0 Å². The molecular formula is C7H6BrClF3NO. The van der Waals surface area contributed by atoms with E-state index < -0.39 is 16.6 Å². The minimum Gasteiger partial charge on any atom is -0.400 e. The van der Waals surface area contributed by atoms with Gasteiger partial charge in [-0.1, -0.05) is 27.5 Å². The fourth-order valence-corrected chi connectivity index (χ4v) is 1.98. The van der Waals surface area contributed by atoms with Gasteiger partial charge in [0.15, 0.2) is 4.32 Å². The van der Waals surface area contributed by atoms with E-state index >= 15 is 0 Å². The minimum absolute atomic E-state index is 0.165. The Bertz CT molecular complexity index is 315. The zero-order valence-corrected chi connectivity index (χ0v) is 8.99. The van der Waals surface area contributed by atoms with Gasteiger partial charge in [0.25, 0.3) is 0 Å². The van der Waals surface area contributed by atoms with Crippen LogP contribution in [0, 0.1) is 0 Å². The molecule has 2 unspecified atom stereocenters. The van der Waals surface area contributed by atoms with E-state index in [2.05, 4.69) is 15.9 Å². The second-order valence-electron chi connectivity index (χ2n) is 2.84. The number of halogens is 5. The highest BCUT2D eigenvalue weighted by atomic mass is 79.9. The molecule has 0 radical (unpaired) electrons. The Balaban J connectivity index is 3.20. The lowest BCUT2D eigenvalue weighted by Crippen LogP contribution is -2.51. The van der Waals surface area contributed by atoms with E-state index in [4.69, 9.17) is 17.3 Å². The van der Waals surface area contributed by atoms with Gasteiger partial charge in [0, 0.05) is 10.7 Å². The van der Waals surface area contributed by atoms with Crippen molar-refractivity contribution in [3.63, 3.8) is 0 Å². The third-order valence-electron chi connectivity index (χ3n) is 1.80. The Morgan fingerprint density at radius 1 is 1.57 bits per heavy atom.